The number of hydrogen-bond donors (Lipinski definition) is 5. The lowest BCUT2D eigenvalue weighted by Gasteiger charge is -2.36. The monoisotopic (exact) mass is 934 g/mol. The van der Waals surface area contributed by atoms with Gasteiger partial charge in [0.05, 0.1) is 65.7 Å². The summed E-state index contributed by atoms with van der Waals surface area (Å²) in [6, 6.07) is -1.56. The van der Waals surface area contributed by atoms with Crippen LogP contribution in [-0.4, -0.2) is 226 Å². The van der Waals surface area contributed by atoms with Gasteiger partial charge >= 0.3 is 35.9 Å². The number of esters is 3. The third-order valence-corrected chi connectivity index (χ3v) is 9.03. The van der Waals surface area contributed by atoms with Crippen molar-refractivity contribution in [1.29, 1.82) is 0 Å². The SMILES string of the molecule is CC(C)(C)OC(=O)CN1CCN(CC(=O)OC(C)(C)C)CCN(C(CCC(=O)NCCNC(=O)NCCOCCOCCOCCC(=O)O)C(=O)O)CCN(CC(=O)OC(C)(C)C)CC1. The van der Waals surface area contributed by atoms with E-state index in [2.05, 4.69) is 16.0 Å². The van der Waals surface area contributed by atoms with E-state index in [0.29, 0.717) is 46.0 Å². The summed E-state index contributed by atoms with van der Waals surface area (Å²) >= 11 is 0. The summed E-state index contributed by atoms with van der Waals surface area (Å²) < 4.78 is 32.7. The zero-order chi connectivity index (χ0) is 49.1. The van der Waals surface area contributed by atoms with Gasteiger partial charge in [-0.2, -0.15) is 0 Å². The lowest BCUT2D eigenvalue weighted by atomic mass is 10.1. The number of aliphatic carboxylic acids is 2. The Bertz CT molecular complexity index is 1420. The van der Waals surface area contributed by atoms with E-state index < -0.39 is 64.6 Å². The first-order chi connectivity index (χ1) is 30.3. The van der Waals surface area contributed by atoms with E-state index in [1.54, 1.807) is 67.2 Å². The van der Waals surface area contributed by atoms with Crippen LogP contribution in [0.5, 0.6) is 0 Å². The summed E-state index contributed by atoms with van der Waals surface area (Å²) in [6.07, 6.45) is -0.232. The van der Waals surface area contributed by atoms with E-state index in [4.69, 9.17) is 33.5 Å². The average molecular weight is 934 g/mol. The van der Waals surface area contributed by atoms with Crippen molar-refractivity contribution >= 4 is 41.8 Å². The second-order valence-electron chi connectivity index (χ2n) is 18.5. The molecule has 0 aromatic carbocycles. The van der Waals surface area contributed by atoms with Crippen LogP contribution in [0.1, 0.15) is 81.6 Å². The van der Waals surface area contributed by atoms with E-state index >= 15 is 0 Å². The number of urea groups is 1. The standard InChI is InChI=1S/C43H79N7O15/c1-41(2,3)63-36(54)30-47-16-18-48(31-37(55)64-42(4,5)6)20-22-50(23-21-49(19-17-47)32-38(56)65-43(7,8)9)33(39(57)58)10-11-34(51)44-13-14-45-40(59)46-15-25-61-27-29-62-28-26-60-24-12-35(52)53/h33H,10-32H2,1-9H3,(H,44,51)(H,52,53)(H,57,58)(H2,45,46,59). The van der Waals surface area contributed by atoms with Gasteiger partial charge in [-0.15, -0.1) is 0 Å². The first-order valence-corrected chi connectivity index (χ1v) is 22.3. The van der Waals surface area contributed by atoms with Crippen LogP contribution in [0.25, 0.3) is 0 Å². The van der Waals surface area contributed by atoms with Crippen LogP contribution < -0.4 is 16.0 Å². The molecule has 1 rings (SSSR count). The molecule has 0 aliphatic carbocycles. The molecule has 1 heterocycles. The highest BCUT2D eigenvalue weighted by atomic mass is 16.6. The molecule has 0 radical (unpaired) electrons. The minimum atomic E-state index is -1.14. The average Bonchev–Trinajstić information content (AvgIpc) is 3.15. The predicted octanol–water partition coefficient (Wildman–Crippen LogP) is 0.406. The van der Waals surface area contributed by atoms with Crippen LogP contribution in [0.2, 0.25) is 0 Å². The van der Waals surface area contributed by atoms with E-state index in [1.807, 2.05) is 14.7 Å². The molecule has 65 heavy (non-hydrogen) atoms. The second-order valence-corrected chi connectivity index (χ2v) is 18.5. The number of carboxylic acids is 2. The number of carbonyl (C=O) groups is 7. The van der Waals surface area contributed by atoms with Gasteiger partial charge in [0.15, 0.2) is 0 Å². The molecule has 1 unspecified atom stereocenters. The Kier molecular flexibility index (Phi) is 28.0. The molecule has 0 bridgehead atoms. The molecule has 22 heteroatoms. The van der Waals surface area contributed by atoms with Crippen molar-refractivity contribution in [2.24, 2.45) is 0 Å². The molecule has 376 valence electrons. The Labute approximate surface area is 384 Å². The van der Waals surface area contributed by atoms with Crippen molar-refractivity contribution in [3.8, 4) is 0 Å². The van der Waals surface area contributed by atoms with Crippen molar-refractivity contribution in [2.75, 3.05) is 131 Å². The number of nitrogens with zero attached hydrogens (tertiary/aromatic N) is 4. The van der Waals surface area contributed by atoms with E-state index in [1.165, 1.54) is 0 Å². The largest absolute Gasteiger partial charge is 0.481 e. The van der Waals surface area contributed by atoms with Gasteiger partial charge in [0.2, 0.25) is 5.91 Å². The van der Waals surface area contributed by atoms with Crippen LogP contribution in [0.3, 0.4) is 0 Å². The summed E-state index contributed by atoms with van der Waals surface area (Å²) in [5.74, 6) is -3.81. The lowest BCUT2D eigenvalue weighted by Crippen LogP contribution is -2.52. The van der Waals surface area contributed by atoms with Crippen molar-refractivity contribution < 1.29 is 72.2 Å². The van der Waals surface area contributed by atoms with Crippen LogP contribution in [0.4, 0.5) is 4.79 Å². The summed E-state index contributed by atoms with van der Waals surface area (Å²) in [7, 11) is 0. The summed E-state index contributed by atoms with van der Waals surface area (Å²) in [5.41, 5.74) is -2.16. The highest BCUT2D eigenvalue weighted by Crippen LogP contribution is 2.14. The van der Waals surface area contributed by atoms with E-state index in [0.717, 1.165) is 0 Å². The van der Waals surface area contributed by atoms with Gasteiger partial charge in [-0.3, -0.25) is 48.4 Å². The fraction of sp³-hybridized carbons (Fsp3) is 0.837. The van der Waals surface area contributed by atoms with Crippen molar-refractivity contribution in [2.45, 2.75) is 104 Å². The molecule has 5 N–H and O–H groups in total. The Hall–Kier alpha value is -4.19. The highest BCUT2D eigenvalue weighted by molar-refractivity contribution is 5.79. The van der Waals surface area contributed by atoms with Crippen molar-refractivity contribution in [3.63, 3.8) is 0 Å². The number of carboxylic acid groups (broad SMARTS) is 2. The molecule has 1 aliphatic heterocycles. The fourth-order valence-corrected chi connectivity index (χ4v) is 6.20. The summed E-state index contributed by atoms with van der Waals surface area (Å²) in [5, 5.41) is 27.0. The maximum absolute atomic E-state index is 13.0. The van der Waals surface area contributed by atoms with Crippen LogP contribution in [0.15, 0.2) is 0 Å². The van der Waals surface area contributed by atoms with Crippen molar-refractivity contribution in [3.05, 3.63) is 0 Å². The Morgan fingerprint density at radius 3 is 1.26 bits per heavy atom. The molecular formula is C43H79N7O15. The molecule has 0 spiro atoms. The zero-order valence-electron chi connectivity index (χ0n) is 40.3. The molecule has 1 fully saturated rings. The highest BCUT2D eigenvalue weighted by Gasteiger charge is 2.30. The third kappa shape index (κ3) is 33.0. The van der Waals surface area contributed by atoms with Gasteiger partial charge in [-0.1, -0.05) is 0 Å². The van der Waals surface area contributed by atoms with E-state index in [9.17, 15) is 38.7 Å². The predicted molar refractivity (Wildman–Crippen MR) is 238 cm³/mol. The molecule has 0 aromatic heterocycles. The van der Waals surface area contributed by atoms with Gasteiger partial charge in [0.1, 0.15) is 22.8 Å². The Balaban J connectivity index is 2.90. The Morgan fingerprint density at radius 1 is 0.492 bits per heavy atom. The first kappa shape index (κ1) is 58.8. The molecular weight excluding hydrogens is 855 g/mol. The third-order valence-electron chi connectivity index (χ3n) is 9.03. The number of ether oxygens (including phenoxy) is 6. The number of nitrogens with one attached hydrogen (secondary N) is 3. The molecule has 0 saturated carbocycles. The lowest BCUT2D eigenvalue weighted by molar-refractivity contribution is -0.158. The topological polar surface area (TPSA) is 264 Å². The number of hydrogen-bond acceptors (Lipinski definition) is 17. The smallest absolute Gasteiger partial charge is 0.320 e. The Morgan fingerprint density at radius 2 is 0.862 bits per heavy atom. The molecule has 1 saturated heterocycles. The first-order valence-electron chi connectivity index (χ1n) is 22.3. The van der Waals surface area contributed by atoms with Crippen LogP contribution in [0, 0.1) is 0 Å². The fourth-order valence-electron chi connectivity index (χ4n) is 6.20. The normalized spacial score (nSPS) is 16.0. The van der Waals surface area contributed by atoms with Gasteiger partial charge in [-0.25, -0.2) is 4.79 Å². The molecule has 0 aromatic rings. The molecule has 1 aliphatic rings. The van der Waals surface area contributed by atoms with Gasteiger partial charge in [0, 0.05) is 78.4 Å². The zero-order valence-corrected chi connectivity index (χ0v) is 40.3. The number of rotatable bonds is 26. The van der Waals surface area contributed by atoms with Gasteiger partial charge < -0.3 is 54.6 Å². The maximum atomic E-state index is 13.0. The quantitative estimate of drug-likeness (QED) is 0.0447. The van der Waals surface area contributed by atoms with Gasteiger partial charge in [0.25, 0.3) is 0 Å². The second kappa shape index (κ2) is 30.9. The summed E-state index contributed by atoms with van der Waals surface area (Å²) in [4.78, 5) is 94.8. The number of amides is 3. The summed E-state index contributed by atoms with van der Waals surface area (Å²) in [6.45, 7) is 20.0. The van der Waals surface area contributed by atoms with E-state index in [-0.39, 0.29) is 105 Å². The molecule has 22 nitrogen and oxygen atoms in total. The molecule has 3 amide bonds. The van der Waals surface area contributed by atoms with Crippen LogP contribution >= 0.6 is 0 Å². The van der Waals surface area contributed by atoms with Crippen molar-refractivity contribution in [1.82, 2.24) is 35.6 Å². The number of carbonyl (C=O) groups excluding carboxylic acids is 5. The maximum Gasteiger partial charge on any atom is 0.320 e. The minimum absolute atomic E-state index is 0.0250. The molecule has 1 atom stereocenters. The van der Waals surface area contributed by atoms with Crippen LogP contribution in [-0.2, 0) is 57.2 Å². The minimum Gasteiger partial charge on any atom is -0.481 e. The van der Waals surface area contributed by atoms with Gasteiger partial charge in [-0.05, 0) is 68.7 Å².